The van der Waals surface area contributed by atoms with Crippen LogP contribution in [0.15, 0.2) is 12.7 Å². The van der Waals surface area contributed by atoms with Gasteiger partial charge in [-0.3, -0.25) is 9.09 Å². The topological polar surface area (TPSA) is 172 Å². The van der Waals surface area contributed by atoms with Gasteiger partial charge in [0.15, 0.2) is 23.2 Å². The second-order valence-corrected chi connectivity index (χ2v) is 8.23. The lowest BCUT2D eigenvalue weighted by atomic mass is 10.1. The van der Waals surface area contributed by atoms with Gasteiger partial charge in [-0.2, -0.15) is 0 Å². The molecule has 2 aromatic rings. The molecule has 156 valence electrons. The number of aromatic nitrogens is 4. The zero-order chi connectivity index (χ0) is 20.5. The highest BCUT2D eigenvalue weighted by Gasteiger charge is 2.45. The van der Waals surface area contributed by atoms with Gasteiger partial charge in [-0.05, 0) is 12.3 Å². The minimum atomic E-state index is -4.73. The van der Waals surface area contributed by atoms with Crippen molar-refractivity contribution in [3.05, 3.63) is 12.7 Å². The molecule has 1 aliphatic rings. The van der Waals surface area contributed by atoms with Gasteiger partial charge in [0.1, 0.15) is 24.6 Å². The number of hydrogen-bond donors (Lipinski definition) is 5. The third-order valence-electron chi connectivity index (χ3n) is 4.39. The Morgan fingerprint density at radius 1 is 1.29 bits per heavy atom. The van der Waals surface area contributed by atoms with Gasteiger partial charge in [-0.1, -0.05) is 13.8 Å². The summed E-state index contributed by atoms with van der Waals surface area (Å²) >= 11 is 0. The van der Waals surface area contributed by atoms with E-state index in [1.807, 2.05) is 0 Å². The van der Waals surface area contributed by atoms with E-state index in [1.165, 1.54) is 17.2 Å². The van der Waals surface area contributed by atoms with Gasteiger partial charge < -0.3 is 30.1 Å². The minimum Gasteiger partial charge on any atom is -0.387 e. The van der Waals surface area contributed by atoms with E-state index < -0.39 is 39.0 Å². The minimum absolute atomic E-state index is 0.384. The normalized spacial score (nSPS) is 25.7. The molecule has 12 nitrogen and oxygen atoms in total. The monoisotopic (exact) mass is 417 g/mol. The fourth-order valence-electron chi connectivity index (χ4n) is 2.91. The Morgan fingerprint density at radius 3 is 2.71 bits per heavy atom. The predicted octanol–water partition coefficient (Wildman–Crippen LogP) is 0.0128. The van der Waals surface area contributed by atoms with Gasteiger partial charge in [-0.15, -0.1) is 0 Å². The van der Waals surface area contributed by atoms with Crippen molar-refractivity contribution in [2.24, 2.45) is 5.92 Å². The smallest absolute Gasteiger partial charge is 0.387 e. The first-order valence-corrected chi connectivity index (χ1v) is 10.3. The Bertz CT molecular complexity index is 856. The van der Waals surface area contributed by atoms with Crippen molar-refractivity contribution in [1.29, 1.82) is 0 Å². The van der Waals surface area contributed by atoms with Crippen LogP contribution in [0.4, 0.5) is 5.82 Å². The van der Waals surface area contributed by atoms with Gasteiger partial charge in [0.05, 0.1) is 12.9 Å². The van der Waals surface area contributed by atoms with Crippen LogP contribution in [-0.2, 0) is 13.8 Å². The van der Waals surface area contributed by atoms with Crippen molar-refractivity contribution >= 4 is 24.8 Å². The third-order valence-corrected chi connectivity index (χ3v) is 4.88. The highest BCUT2D eigenvalue weighted by molar-refractivity contribution is 7.46. The van der Waals surface area contributed by atoms with Crippen LogP contribution < -0.4 is 5.32 Å². The fraction of sp³-hybridized carbons (Fsp3) is 0.667. The zero-order valence-electron chi connectivity index (χ0n) is 15.4. The molecule has 3 rings (SSSR count). The van der Waals surface area contributed by atoms with E-state index in [9.17, 15) is 14.8 Å². The lowest BCUT2D eigenvalue weighted by Crippen LogP contribution is -2.33. The second kappa shape index (κ2) is 8.37. The molecule has 0 amide bonds. The van der Waals surface area contributed by atoms with Gasteiger partial charge in [0.2, 0.25) is 0 Å². The standard InChI is InChI=1S/C15H24N5O7P/c1-8(2)3-4-16-13-10-14(18-6-17-13)20(7-19-10)15-12(22)11(21)9(27-15)5-26-28(23,24)25/h6-9,11-12,15,21-22H,3-5H2,1-2H3,(H,16,17,18)(H2,23,24,25). The quantitative estimate of drug-likeness (QED) is 0.366. The van der Waals surface area contributed by atoms with E-state index in [-0.39, 0.29) is 0 Å². The molecular formula is C15H24N5O7P. The largest absolute Gasteiger partial charge is 0.469 e. The summed E-state index contributed by atoms with van der Waals surface area (Å²) in [5.41, 5.74) is 0.862. The lowest BCUT2D eigenvalue weighted by Gasteiger charge is -2.16. The molecule has 0 spiro atoms. The fourth-order valence-corrected chi connectivity index (χ4v) is 3.26. The van der Waals surface area contributed by atoms with Crippen LogP contribution in [0, 0.1) is 5.92 Å². The Kier molecular flexibility index (Phi) is 6.30. The maximum atomic E-state index is 10.9. The number of phosphoric ester groups is 1. The molecule has 13 heteroatoms. The summed E-state index contributed by atoms with van der Waals surface area (Å²) in [6.45, 7) is 4.35. The van der Waals surface area contributed by atoms with Crippen LogP contribution in [-0.4, -0.2) is 71.0 Å². The number of aliphatic hydroxyl groups excluding tert-OH is 2. The van der Waals surface area contributed by atoms with Crippen LogP contribution in [0.3, 0.4) is 0 Å². The van der Waals surface area contributed by atoms with Crippen molar-refractivity contribution in [3.8, 4) is 0 Å². The van der Waals surface area contributed by atoms with Crippen molar-refractivity contribution in [2.75, 3.05) is 18.5 Å². The van der Waals surface area contributed by atoms with Gasteiger partial charge in [0.25, 0.3) is 0 Å². The number of nitrogens with one attached hydrogen (secondary N) is 1. The first kappa shape index (κ1) is 21.1. The number of nitrogens with zero attached hydrogens (tertiary/aromatic N) is 4. The van der Waals surface area contributed by atoms with E-state index in [0.29, 0.717) is 29.4 Å². The van der Waals surface area contributed by atoms with E-state index >= 15 is 0 Å². The molecule has 3 heterocycles. The van der Waals surface area contributed by atoms with Crippen LogP contribution in [0.25, 0.3) is 11.2 Å². The molecule has 0 aliphatic carbocycles. The first-order chi connectivity index (χ1) is 13.2. The summed E-state index contributed by atoms with van der Waals surface area (Å²) in [6.07, 6.45) is -1.25. The summed E-state index contributed by atoms with van der Waals surface area (Å²) in [5, 5.41) is 23.7. The summed E-state index contributed by atoms with van der Waals surface area (Å²) in [6, 6.07) is 0. The van der Waals surface area contributed by atoms with E-state index in [4.69, 9.17) is 14.5 Å². The Balaban J connectivity index is 1.79. The molecule has 2 aromatic heterocycles. The molecule has 1 saturated heterocycles. The Morgan fingerprint density at radius 2 is 2.04 bits per heavy atom. The summed E-state index contributed by atoms with van der Waals surface area (Å²) in [5.74, 6) is 1.07. The molecule has 5 N–H and O–H groups in total. The van der Waals surface area contributed by atoms with E-state index in [1.54, 1.807) is 0 Å². The van der Waals surface area contributed by atoms with Gasteiger partial charge in [0, 0.05) is 6.54 Å². The molecule has 4 unspecified atom stereocenters. The van der Waals surface area contributed by atoms with Crippen molar-refractivity contribution in [2.45, 2.75) is 44.8 Å². The van der Waals surface area contributed by atoms with E-state index in [2.05, 4.69) is 38.6 Å². The number of fused-ring (bicyclic) bond motifs is 1. The molecule has 0 radical (unpaired) electrons. The zero-order valence-corrected chi connectivity index (χ0v) is 16.3. The number of ether oxygens (including phenoxy) is 1. The molecule has 0 aromatic carbocycles. The van der Waals surface area contributed by atoms with Crippen LogP contribution in [0.2, 0.25) is 0 Å². The molecule has 0 bridgehead atoms. The maximum Gasteiger partial charge on any atom is 0.469 e. The van der Waals surface area contributed by atoms with Crippen LogP contribution in [0.1, 0.15) is 26.5 Å². The number of rotatable bonds is 8. The van der Waals surface area contributed by atoms with E-state index in [0.717, 1.165) is 6.42 Å². The highest BCUT2D eigenvalue weighted by atomic mass is 31.2. The SMILES string of the molecule is CC(C)CCNc1ncnc2c1ncn2C1OC(COP(=O)(O)O)C(O)C1O. The summed E-state index contributed by atoms with van der Waals surface area (Å²) < 4.78 is 22.2. The molecule has 1 fully saturated rings. The number of imidazole rings is 1. The summed E-state index contributed by atoms with van der Waals surface area (Å²) in [4.78, 5) is 30.3. The second-order valence-electron chi connectivity index (χ2n) is 6.99. The lowest BCUT2D eigenvalue weighted by molar-refractivity contribution is -0.0504. The summed E-state index contributed by atoms with van der Waals surface area (Å²) in [7, 11) is -4.73. The predicted molar refractivity (Wildman–Crippen MR) is 97.2 cm³/mol. The number of phosphoric acid groups is 1. The molecular weight excluding hydrogens is 393 g/mol. The highest BCUT2D eigenvalue weighted by Crippen LogP contribution is 2.38. The van der Waals surface area contributed by atoms with Gasteiger partial charge >= 0.3 is 7.82 Å². The average molecular weight is 417 g/mol. The molecule has 1 aliphatic heterocycles. The van der Waals surface area contributed by atoms with Crippen molar-refractivity contribution in [1.82, 2.24) is 19.5 Å². The van der Waals surface area contributed by atoms with Gasteiger partial charge in [-0.25, -0.2) is 19.5 Å². The Hall–Kier alpha value is -1.66. The molecule has 28 heavy (non-hydrogen) atoms. The van der Waals surface area contributed by atoms with Crippen molar-refractivity contribution in [3.63, 3.8) is 0 Å². The molecule has 0 saturated carbocycles. The molecule has 4 atom stereocenters. The van der Waals surface area contributed by atoms with Crippen molar-refractivity contribution < 1.29 is 33.8 Å². The first-order valence-electron chi connectivity index (χ1n) is 8.80. The van der Waals surface area contributed by atoms with Crippen LogP contribution >= 0.6 is 7.82 Å². The number of anilines is 1. The average Bonchev–Trinajstić information content (AvgIpc) is 3.15. The van der Waals surface area contributed by atoms with Crippen LogP contribution in [0.5, 0.6) is 0 Å². The maximum absolute atomic E-state index is 10.9. The number of aliphatic hydroxyl groups is 2. The number of hydrogen-bond acceptors (Lipinski definition) is 9. The third kappa shape index (κ3) is 4.66. The Labute approximate surface area is 160 Å².